The van der Waals surface area contributed by atoms with Crippen molar-refractivity contribution in [3.05, 3.63) is 82.6 Å². The molecule has 0 bridgehead atoms. The highest BCUT2D eigenvalue weighted by molar-refractivity contribution is 6.31. The molecule has 1 N–H and O–H groups in total. The van der Waals surface area contributed by atoms with Crippen LogP contribution >= 0.6 is 11.6 Å². The van der Waals surface area contributed by atoms with Crippen molar-refractivity contribution in [3.63, 3.8) is 0 Å². The smallest absolute Gasteiger partial charge is 0.231 e. The summed E-state index contributed by atoms with van der Waals surface area (Å²) < 4.78 is 30.6. The maximum absolute atomic E-state index is 15.2. The van der Waals surface area contributed by atoms with E-state index in [-0.39, 0.29) is 23.0 Å². The second kappa shape index (κ2) is 8.83. The average molecular weight is 481 g/mol. The summed E-state index contributed by atoms with van der Waals surface area (Å²) in [4.78, 5) is 23.0. The van der Waals surface area contributed by atoms with Crippen LogP contribution in [0.25, 0.3) is 11.3 Å². The molecule has 0 unspecified atom stereocenters. The van der Waals surface area contributed by atoms with Gasteiger partial charge in [0.25, 0.3) is 0 Å². The molecular formula is C24H19ClF2N6O. The van der Waals surface area contributed by atoms with Gasteiger partial charge in [0.1, 0.15) is 17.5 Å². The van der Waals surface area contributed by atoms with Gasteiger partial charge in [0.15, 0.2) is 0 Å². The highest BCUT2D eigenvalue weighted by Gasteiger charge is 2.29. The molecule has 1 aliphatic rings. The number of aromatic nitrogens is 4. The molecule has 2 aromatic carbocycles. The third kappa shape index (κ3) is 4.10. The fourth-order valence-electron chi connectivity index (χ4n) is 4.02. The fraction of sp³-hybridized carbons (Fsp3) is 0.167. The zero-order chi connectivity index (χ0) is 23.8. The summed E-state index contributed by atoms with van der Waals surface area (Å²) in [6.07, 6.45) is 3.61. The fourth-order valence-corrected chi connectivity index (χ4v) is 4.22. The highest BCUT2D eigenvalue weighted by Crippen LogP contribution is 2.36. The summed E-state index contributed by atoms with van der Waals surface area (Å²) in [7, 11) is 1.79. The first-order chi connectivity index (χ1) is 16.4. The molecule has 0 fully saturated rings. The van der Waals surface area contributed by atoms with Gasteiger partial charge in [-0.3, -0.25) is 9.48 Å². The van der Waals surface area contributed by atoms with Crippen LogP contribution in [0.5, 0.6) is 0 Å². The number of halogens is 3. The van der Waals surface area contributed by atoms with Crippen LogP contribution in [0.3, 0.4) is 0 Å². The van der Waals surface area contributed by atoms with Crippen LogP contribution < -0.4 is 10.2 Å². The molecule has 34 heavy (non-hydrogen) atoms. The van der Waals surface area contributed by atoms with Crippen molar-refractivity contribution in [2.24, 2.45) is 7.05 Å². The van der Waals surface area contributed by atoms with Crippen molar-refractivity contribution in [2.75, 3.05) is 16.8 Å². The Balaban J connectivity index is 1.40. The van der Waals surface area contributed by atoms with E-state index in [2.05, 4.69) is 20.4 Å². The first-order valence-corrected chi connectivity index (χ1v) is 10.9. The van der Waals surface area contributed by atoms with E-state index in [1.807, 2.05) is 6.07 Å². The lowest BCUT2D eigenvalue weighted by Gasteiger charge is -2.19. The van der Waals surface area contributed by atoms with Crippen LogP contribution in [0.15, 0.2) is 54.9 Å². The minimum absolute atomic E-state index is 0.0922. The Hall–Kier alpha value is -3.85. The van der Waals surface area contributed by atoms with Crippen molar-refractivity contribution in [1.29, 1.82) is 0 Å². The molecule has 1 amide bonds. The summed E-state index contributed by atoms with van der Waals surface area (Å²) in [6, 6.07) is 11.0. The number of amides is 1. The Morgan fingerprint density at radius 1 is 1.15 bits per heavy atom. The van der Waals surface area contributed by atoms with E-state index in [1.165, 1.54) is 23.1 Å². The largest absolute Gasteiger partial charge is 0.309 e. The molecule has 5 rings (SSSR count). The predicted molar refractivity (Wildman–Crippen MR) is 125 cm³/mol. The van der Waals surface area contributed by atoms with E-state index in [1.54, 1.807) is 42.3 Å². The Bertz CT molecular complexity index is 1410. The third-order valence-corrected chi connectivity index (χ3v) is 6.13. The predicted octanol–water partition coefficient (Wildman–Crippen LogP) is 4.68. The minimum atomic E-state index is -0.591. The number of aryl methyl sites for hydroxylation is 1. The number of carbonyl (C=O) groups excluding carboxylic acids is 1. The van der Waals surface area contributed by atoms with E-state index < -0.39 is 11.6 Å². The van der Waals surface area contributed by atoms with Gasteiger partial charge in [0.2, 0.25) is 11.9 Å². The van der Waals surface area contributed by atoms with Crippen LogP contribution in [-0.4, -0.2) is 32.2 Å². The molecule has 0 saturated carbocycles. The van der Waals surface area contributed by atoms with Gasteiger partial charge < -0.3 is 10.2 Å². The van der Waals surface area contributed by atoms with Crippen molar-refractivity contribution >= 4 is 35.0 Å². The monoisotopic (exact) mass is 480 g/mol. The molecule has 7 nitrogen and oxygen atoms in total. The quantitative estimate of drug-likeness (QED) is 0.448. The van der Waals surface area contributed by atoms with E-state index >= 15 is 4.39 Å². The molecule has 0 radical (unpaired) electrons. The molecule has 2 aromatic heterocycles. The Morgan fingerprint density at radius 3 is 2.79 bits per heavy atom. The highest BCUT2D eigenvalue weighted by atomic mass is 35.5. The number of hydrogen-bond donors (Lipinski definition) is 1. The van der Waals surface area contributed by atoms with Gasteiger partial charge in [0, 0.05) is 31.4 Å². The van der Waals surface area contributed by atoms with Gasteiger partial charge in [-0.1, -0.05) is 23.7 Å². The second-order valence-corrected chi connectivity index (χ2v) is 8.26. The van der Waals surface area contributed by atoms with Crippen molar-refractivity contribution < 1.29 is 13.6 Å². The number of nitrogens with one attached hydrogen (secondary N) is 1. The third-order valence-electron chi connectivity index (χ3n) is 5.70. The number of fused-ring (bicyclic) bond motifs is 1. The maximum atomic E-state index is 15.2. The van der Waals surface area contributed by atoms with Crippen LogP contribution in [0.1, 0.15) is 11.1 Å². The zero-order valence-electron chi connectivity index (χ0n) is 18.1. The minimum Gasteiger partial charge on any atom is -0.309 e. The molecule has 3 heterocycles. The first kappa shape index (κ1) is 22.0. The maximum Gasteiger partial charge on any atom is 0.231 e. The first-order valence-electron chi connectivity index (χ1n) is 10.5. The summed E-state index contributed by atoms with van der Waals surface area (Å²) in [5.41, 5.74) is 2.43. The number of benzene rings is 2. The molecule has 0 spiro atoms. The molecule has 4 aromatic rings. The van der Waals surface area contributed by atoms with Crippen molar-refractivity contribution in [2.45, 2.75) is 12.8 Å². The zero-order valence-corrected chi connectivity index (χ0v) is 18.9. The van der Waals surface area contributed by atoms with Gasteiger partial charge in [-0.15, -0.1) is 0 Å². The molecular weight excluding hydrogens is 462 g/mol. The lowest BCUT2D eigenvalue weighted by molar-refractivity contribution is -0.117. The lowest BCUT2D eigenvalue weighted by atomic mass is 10.0. The molecule has 172 valence electrons. The van der Waals surface area contributed by atoms with Gasteiger partial charge in [-0.25, -0.2) is 18.7 Å². The van der Waals surface area contributed by atoms with Crippen molar-refractivity contribution in [1.82, 2.24) is 19.7 Å². The number of nitrogens with zero attached hydrogens (tertiary/aromatic N) is 5. The SMILES string of the molecule is Cn1nccc1Nc1nccc(-c2cc(F)c3c(c2)CCN3C(=O)Cc2cccc(F)c2Cl)n1. The van der Waals surface area contributed by atoms with Gasteiger partial charge >= 0.3 is 0 Å². The molecule has 10 heteroatoms. The van der Waals surface area contributed by atoms with Crippen LogP contribution in [-0.2, 0) is 24.7 Å². The average Bonchev–Trinajstić information content (AvgIpc) is 3.43. The van der Waals surface area contributed by atoms with E-state index in [9.17, 15) is 9.18 Å². The van der Waals surface area contributed by atoms with Crippen LogP contribution in [0.4, 0.5) is 26.2 Å². The van der Waals surface area contributed by atoms with Crippen LogP contribution in [0, 0.1) is 11.6 Å². The van der Waals surface area contributed by atoms with E-state index in [0.717, 1.165) is 0 Å². The Kier molecular flexibility index (Phi) is 5.70. The van der Waals surface area contributed by atoms with Gasteiger partial charge in [0.05, 0.1) is 29.0 Å². The number of rotatable bonds is 5. The number of hydrogen-bond acceptors (Lipinski definition) is 5. The van der Waals surface area contributed by atoms with E-state index in [4.69, 9.17) is 11.6 Å². The molecule has 1 aliphatic heterocycles. The second-order valence-electron chi connectivity index (χ2n) is 7.88. The Labute approximate surface area is 199 Å². The molecule has 0 saturated heterocycles. The summed E-state index contributed by atoms with van der Waals surface area (Å²) >= 11 is 5.99. The van der Waals surface area contributed by atoms with E-state index in [0.29, 0.717) is 47.1 Å². The Morgan fingerprint density at radius 2 is 2.00 bits per heavy atom. The summed E-state index contributed by atoms with van der Waals surface area (Å²) in [5.74, 6) is -0.395. The number of anilines is 3. The lowest BCUT2D eigenvalue weighted by Crippen LogP contribution is -2.31. The summed E-state index contributed by atoms with van der Waals surface area (Å²) in [6.45, 7) is 0.332. The summed E-state index contributed by atoms with van der Waals surface area (Å²) in [5, 5.41) is 7.08. The number of carbonyl (C=O) groups is 1. The normalized spacial score (nSPS) is 12.6. The van der Waals surface area contributed by atoms with Gasteiger partial charge in [-0.05, 0) is 41.8 Å². The topological polar surface area (TPSA) is 75.9 Å². The van der Waals surface area contributed by atoms with Gasteiger partial charge in [-0.2, -0.15) is 5.10 Å². The van der Waals surface area contributed by atoms with Crippen LogP contribution in [0.2, 0.25) is 5.02 Å². The van der Waals surface area contributed by atoms with Crippen molar-refractivity contribution in [3.8, 4) is 11.3 Å². The molecule has 0 aliphatic carbocycles. The molecule has 0 atom stereocenters. The standard InChI is InChI=1S/C24H19ClF2N6O/c1-32-20(6-9-29-32)31-24-28-8-5-19(30-24)16-11-15-7-10-33(23(15)18(27)12-16)21(34)13-14-3-2-4-17(26)22(14)25/h2-6,8-9,11-12H,7,10,13H2,1H3,(H,28,30,31).